The number of aryl methyl sites for hydroxylation is 1. The number of piperazine rings is 1. The summed E-state index contributed by atoms with van der Waals surface area (Å²) < 4.78 is 1.99. The molecule has 0 amide bonds. The Morgan fingerprint density at radius 3 is 2.87 bits per heavy atom. The smallest absolute Gasteiger partial charge is 0.0522 e. The van der Waals surface area contributed by atoms with E-state index < -0.39 is 0 Å². The lowest BCUT2D eigenvalue weighted by atomic mass is 10.2. The summed E-state index contributed by atoms with van der Waals surface area (Å²) in [5.74, 6) is 0. The second kappa shape index (κ2) is 5.28. The summed E-state index contributed by atoms with van der Waals surface area (Å²) in [6.45, 7) is 8.88. The predicted octanol–water partition coefficient (Wildman–Crippen LogP) is 0.351. The standard InChI is InChI=1S/C11H20N4/c1-2-15-10-11(9-13-15)3-6-14-7-4-12-5-8-14/h9-10,12H,2-8H2,1H3. The molecule has 0 aliphatic carbocycles. The highest BCUT2D eigenvalue weighted by atomic mass is 15.3. The Kier molecular flexibility index (Phi) is 3.75. The molecule has 0 saturated carbocycles. The fraction of sp³-hybridized carbons (Fsp3) is 0.727. The zero-order chi connectivity index (χ0) is 10.5. The van der Waals surface area contributed by atoms with Crippen LogP contribution in [0.25, 0.3) is 0 Å². The molecule has 15 heavy (non-hydrogen) atoms. The summed E-state index contributed by atoms with van der Waals surface area (Å²) in [5, 5.41) is 7.65. The Balaban J connectivity index is 1.76. The second-order valence-corrected chi connectivity index (χ2v) is 4.05. The van der Waals surface area contributed by atoms with Crippen LogP contribution in [0.4, 0.5) is 0 Å². The van der Waals surface area contributed by atoms with Crippen LogP contribution in [-0.2, 0) is 13.0 Å². The van der Waals surface area contributed by atoms with Gasteiger partial charge in [0.1, 0.15) is 0 Å². The van der Waals surface area contributed by atoms with Gasteiger partial charge in [0, 0.05) is 45.5 Å². The molecule has 84 valence electrons. The average molecular weight is 208 g/mol. The van der Waals surface area contributed by atoms with Crippen molar-refractivity contribution in [2.45, 2.75) is 19.9 Å². The van der Waals surface area contributed by atoms with Crippen molar-refractivity contribution < 1.29 is 0 Å². The van der Waals surface area contributed by atoms with Crippen molar-refractivity contribution in [1.82, 2.24) is 20.0 Å². The third-order valence-corrected chi connectivity index (χ3v) is 2.94. The predicted molar refractivity (Wildman–Crippen MR) is 60.9 cm³/mol. The van der Waals surface area contributed by atoms with Crippen molar-refractivity contribution in [3.63, 3.8) is 0 Å². The summed E-state index contributed by atoms with van der Waals surface area (Å²) in [7, 11) is 0. The fourth-order valence-electron chi connectivity index (χ4n) is 1.93. The lowest BCUT2D eigenvalue weighted by Crippen LogP contribution is -2.44. The van der Waals surface area contributed by atoms with Crippen LogP contribution in [0.3, 0.4) is 0 Å². The highest BCUT2D eigenvalue weighted by Gasteiger charge is 2.09. The summed E-state index contributed by atoms with van der Waals surface area (Å²) in [5.41, 5.74) is 1.36. The van der Waals surface area contributed by atoms with Gasteiger partial charge in [0.25, 0.3) is 0 Å². The van der Waals surface area contributed by atoms with Gasteiger partial charge in [0.15, 0.2) is 0 Å². The van der Waals surface area contributed by atoms with E-state index in [0.717, 1.165) is 32.6 Å². The van der Waals surface area contributed by atoms with Crippen molar-refractivity contribution in [2.75, 3.05) is 32.7 Å². The van der Waals surface area contributed by atoms with E-state index in [0.29, 0.717) is 0 Å². The van der Waals surface area contributed by atoms with Gasteiger partial charge in [-0.2, -0.15) is 5.10 Å². The van der Waals surface area contributed by atoms with Crippen LogP contribution in [0.5, 0.6) is 0 Å². The minimum Gasteiger partial charge on any atom is -0.314 e. The summed E-state index contributed by atoms with van der Waals surface area (Å²) >= 11 is 0. The summed E-state index contributed by atoms with van der Waals surface area (Å²) in [4.78, 5) is 2.51. The first-order valence-corrected chi connectivity index (χ1v) is 5.83. The van der Waals surface area contributed by atoms with Crippen LogP contribution >= 0.6 is 0 Å². The van der Waals surface area contributed by atoms with Crippen LogP contribution < -0.4 is 5.32 Å². The van der Waals surface area contributed by atoms with E-state index in [1.54, 1.807) is 0 Å². The monoisotopic (exact) mass is 208 g/mol. The molecule has 0 spiro atoms. The number of aromatic nitrogens is 2. The van der Waals surface area contributed by atoms with Crippen LogP contribution in [0, 0.1) is 0 Å². The highest BCUT2D eigenvalue weighted by Crippen LogP contribution is 2.01. The molecule has 0 bridgehead atoms. The number of nitrogens with zero attached hydrogens (tertiary/aromatic N) is 3. The van der Waals surface area contributed by atoms with E-state index in [-0.39, 0.29) is 0 Å². The van der Waals surface area contributed by atoms with Crippen LogP contribution in [-0.4, -0.2) is 47.4 Å². The zero-order valence-electron chi connectivity index (χ0n) is 9.45. The van der Waals surface area contributed by atoms with E-state index in [2.05, 4.69) is 28.4 Å². The molecule has 1 aliphatic rings. The molecule has 2 heterocycles. The van der Waals surface area contributed by atoms with Gasteiger partial charge in [-0.3, -0.25) is 4.68 Å². The molecule has 2 rings (SSSR count). The van der Waals surface area contributed by atoms with Gasteiger partial charge in [0.05, 0.1) is 6.20 Å². The normalized spacial score (nSPS) is 18.2. The second-order valence-electron chi connectivity index (χ2n) is 4.05. The molecule has 1 aromatic rings. The first kappa shape index (κ1) is 10.6. The molecular weight excluding hydrogens is 188 g/mol. The van der Waals surface area contributed by atoms with Crippen molar-refractivity contribution >= 4 is 0 Å². The van der Waals surface area contributed by atoms with Crippen LogP contribution in [0.15, 0.2) is 12.4 Å². The molecule has 0 radical (unpaired) electrons. The Bertz CT molecular complexity index is 289. The van der Waals surface area contributed by atoms with E-state index >= 15 is 0 Å². The molecule has 1 saturated heterocycles. The van der Waals surface area contributed by atoms with Gasteiger partial charge >= 0.3 is 0 Å². The molecule has 1 fully saturated rings. The van der Waals surface area contributed by atoms with E-state index in [9.17, 15) is 0 Å². The third kappa shape index (κ3) is 3.04. The van der Waals surface area contributed by atoms with Crippen molar-refractivity contribution in [3.05, 3.63) is 18.0 Å². The fourth-order valence-corrected chi connectivity index (χ4v) is 1.93. The van der Waals surface area contributed by atoms with E-state index in [1.165, 1.54) is 18.7 Å². The molecule has 4 heteroatoms. The lowest BCUT2D eigenvalue weighted by Gasteiger charge is -2.26. The molecule has 1 N–H and O–H groups in total. The third-order valence-electron chi connectivity index (χ3n) is 2.94. The first-order chi connectivity index (χ1) is 7.38. The molecule has 0 aromatic carbocycles. The van der Waals surface area contributed by atoms with Crippen LogP contribution in [0.1, 0.15) is 12.5 Å². The van der Waals surface area contributed by atoms with Crippen LogP contribution in [0.2, 0.25) is 0 Å². The number of rotatable bonds is 4. The molecule has 0 atom stereocenters. The van der Waals surface area contributed by atoms with E-state index in [1.807, 2.05) is 10.9 Å². The maximum absolute atomic E-state index is 4.28. The summed E-state index contributed by atoms with van der Waals surface area (Å²) in [6, 6.07) is 0. The zero-order valence-corrected chi connectivity index (χ0v) is 9.45. The number of hydrogen-bond donors (Lipinski definition) is 1. The molecular formula is C11H20N4. The van der Waals surface area contributed by atoms with Crippen molar-refractivity contribution in [1.29, 1.82) is 0 Å². The van der Waals surface area contributed by atoms with Gasteiger partial charge in [-0.05, 0) is 18.9 Å². The Morgan fingerprint density at radius 2 is 2.20 bits per heavy atom. The Morgan fingerprint density at radius 1 is 1.40 bits per heavy atom. The van der Waals surface area contributed by atoms with Gasteiger partial charge < -0.3 is 10.2 Å². The topological polar surface area (TPSA) is 33.1 Å². The van der Waals surface area contributed by atoms with E-state index in [4.69, 9.17) is 0 Å². The SMILES string of the molecule is CCn1cc(CCN2CCNCC2)cn1. The largest absolute Gasteiger partial charge is 0.314 e. The maximum Gasteiger partial charge on any atom is 0.0522 e. The minimum absolute atomic E-state index is 0.966. The average Bonchev–Trinajstić information content (AvgIpc) is 2.76. The van der Waals surface area contributed by atoms with Gasteiger partial charge in [-0.1, -0.05) is 0 Å². The molecule has 1 aromatic heterocycles. The minimum atomic E-state index is 0.966. The molecule has 1 aliphatic heterocycles. The molecule has 4 nitrogen and oxygen atoms in total. The highest BCUT2D eigenvalue weighted by molar-refractivity contribution is 5.04. The molecule has 0 unspecified atom stereocenters. The van der Waals surface area contributed by atoms with Gasteiger partial charge in [-0.25, -0.2) is 0 Å². The van der Waals surface area contributed by atoms with Crippen molar-refractivity contribution in [2.24, 2.45) is 0 Å². The van der Waals surface area contributed by atoms with Gasteiger partial charge in [-0.15, -0.1) is 0 Å². The first-order valence-electron chi connectivity index (χ1n) is 5.83. The quantitative estimate of drug-likeness (QED) is 0.775. The van der Waals surface area contributed by atoms with Crippen molar-refractivity contribution in [3.8, 4) is 0 Å². The van der Waals surface area contributed by atoms with Gasteiger partial charge in [0.2, 0.25) is 0 Å². The summed E-state index contributed by atoms with van der Waals surface area (Å²) in [6.07, 6.45) is 5.27. The number of nitrogens with one attached hydrogen (secondary N) is 1. The maximum atomic E-state index is 4.28. The lowest BCUT2D eigenvalue weighted by molar-refractivity contribution is 0.244. The Labute approximate surface area is 91.3 Å². The Hall–Kier alpha value is -0.870. The number of hydrogen-bond acceptors (Lipinski definition) is 3.